The van der Waals surface area contributed by atoms with E-state index in [1.165, 1.54) is 18.4 Å². The molecule has 0 saturated carbocycles. The Hall–Kier alpha value is -2.70. The van der Waals surface area contributed by atoms with E-state index in [-0.39, 0.29) is 11.8 Å². The molecule has 2 aliphatic heterocycles. The minimum atomic E-state index is -0.485. The van der Waals surface area contributed by atoms with E-state index >= 15 is 0 Å². The molecule has 1 saturated heterocycles. The number of fused-ring (bicyclic) bond motifs is 3. The molecule has 3 aliphatic rings. The van der Waals surface area contributed by atoms with Crippen LogP contribution < -0.4 is 16.0 Å². The molecule has 5 rings (SSSR count). The smallest absolute Gasteiger partial charge is 0.243 e. The van der Waals surface area contributed by atoms with Crippen LogP contribution in [0.5, 0.6) is 0 Å². The Morgan fingerprint density at radius 3 is 2.52 bits per heavy atom. The second-order valence-corrected chi connectivity index (χ2v) is 9.72. The average Bonchev–Trinajstić information content (AvgIpc) is 3.41. The van der Waals surface area contributed by atoms with Gasteiger partial charge in [-0.25, -0.2) is 0 Å². The number of hydrogen-bond acceptors (Lipinski definition) is 4. The quantitative estimate of drug-likeness (QED) is 0.714. The summed E-state index contributed by atoms with van der Waals surface area (Å²) in [5, 5.41) is 2.87. The van der Waals surface area contributed by atoms with Crippen LogP contribution in [0.25, 0.3) is 0 Å². The number of carbonyl (C=O) groups is 2. The minimum absolute atomic E-state index is 0.0272. The van der Waals surface area contributed by atoms with Crippen LogP contribution in [0.4, 0.5) is 5.69 Å². The number of hydrogen-bond donors (Lipinski definition) is 2. The van der Waals surface area contributed by atoms with Crippen LogP contribution >= 0.6 is 0 Å². The van der Waals surface area contributed by atoms with Gasteiger partial charge < -0.3 is 16.0 Å². The first-order chi connectivity index (χ1) is 16.1. The van der Waals surface area contributed by atoms with E-state index in [2.05, 4.69) is 34.5 Å². The molecule has 2 aromatic carbocycles. The second kappa shape index (κ2) is 9.27. The van der Waals surface area contributed by atoms with Crippen molar-refractivity contribution in [1.82, 2.24) is 10.2 Å². The fourth-order valence-corrected chi connectivity index (χ4v) is 6.08. The van der Waals surface area contributed by atoms with Crippen molar-refractivity contribution in [3.05, 3.63) is 65.2 Å². The van der Waals surface area contributed by atoms with Gasteiger partial charge in [-0.1, -0.05) is 42.5 Å². The number of nitrogens with one attached hydrogen (secondary N) is 1. The summed E-state index contributed by atoms with van der Waals surface area (Å²) in [6, 6.07) is 16.3. The summed E-state index contributed by atoms with van der Waals surface area (Å²) >= 11 is 0. The summed E-state index contributed by atoms with van der Waals surface area (Å²) in [5.74, 6) is -0.0934. The Bertz CT molecular complexity index is 1030. The normalized spacial score (nSPS) is 21.1. The molecule has 33 heavy (non-hydrogen) atoms. The van der Waals surface area contributed by atoms with Crippen molar-refractivity contribution in [2.75, 3.05) is 37.6 Å². The summed E-state index contributed by atoms with van der Waals surface area (Å²) in [6.07, 6.45) is 5.76. The number of nitrogens with two attached hydrogens (primary N) is 1. The van der Waals surface area contributed by atoms with Crippen LogP contribution in [-0.2, 0) is 27.8 Å². The van der Waals surface area contributed by atoms with Crippen molar-refractivity contribution >= 4 is 17.5 Å². The summed E-state index contributed by atoms with van der Waals surface area (Å²) < 4.78 is 0. The molecule has 1 fully saturated rings. The zero-order valence-electron chi connectivity index (χ0n) is 19.3. The topological polar surface area (TPSA) is 78.7 Å². The lowest BCUT2D eigenvalue weighted by Gasteiger charge is -2.40. The Morgan fingerprint density at radius 1 is 1.00 bits per heavy atom. The summed E-state index contributed by atoms with van der Waals surface area (Å²) in [4.78, 5) is 30.3. The lowest BCUT2D eigenvalue weighted by Crippen LogP contribution is -2.50. The molecule has 3 N–H and O–H groups in total. The van der Waals surface area contributed by atoms with Gasteiger partial charge in [0.2, 0.25) is 11.8 Å². The molecular weight excluding hydrogens is 412 g/mol. The first-order valence-electron chi connectivity index (χ1n) is 12.3. The van der Waals surface area contributed by atoms with E-state index in [9.17, 15) is 9.59 Å². The van der Waals surface area contributed by atoms with Crippen LogP contribution in [0.2, 0.25) is 0 Å². The van der Waals surface area contributed by atoms with Crippen molar-refractivity contribution in [3.63, 3.8) is 0 Å². The summed E-state index contributed by atoms with van der Waals surface area (Å²) in [5.41, 5.74) is 10.9. The van der Waals surface area contributed by atoms with Crippen LogP contribution in [0.15, 0.2) is 48.5 Å². The Morgan fingerprint density at radius 2 is 1.73 bits per heavy atom. The highest BCUT2D eigenvalue weighted by Gasteiger charge is 2.41. The molecule has 1 aliphatic carbocycles. The van der Waals surface area contributed by atoms with Crippen molar-refractivity contribution in [2.24, 2.45) is 5.73 Å². The van der Waals surface area contributed by atoms with E-state index in [4.69, 9.17) is 5.73 Å². The van der Waals surface area contributed by atoms with Gasteiger partial charge in [-0.15, -0.1) is 0 Å². The minimum Gasteiger partial charge on any atom is -0.353 e. The van der Waals surface area contributed by atoms with Gasteiger partial charge in [0, 0.05) is 38.2 Å². The molecule has 0 aromatic heterocycles. The van der Waals surface area contributed by atoms with E-state index in [1.807, 2.05) is 24.3 Å². The Balaban J connectivity index is 1.21. The van der Waals surface area contributed by atoms with Gasteiger partial charge in [0.15, 0.2) is 0 Å². The largest absolute Gasteiger partial charge is 0.353 e. The number of nitrogens with zero attached hydrogens (tertiary/aromatic N) is 2. The monoisotopic (exact) mass is 446 g/mol. The first kappa shape index (κ1) is 22.1. The van der Waals surface area contributed by atoms with Crippen molar-refractivity contribution in [1.29, 1.82) is 0 Å². The molecule has 0 bridgehead atoms. The number of para-hydroxylation sites is 1. The maximum absolute atomic E-state index is 13.3. The predicted molar refractivity (Wildman–Crippen MR) is 130 cm³/mol. The van der Waals surface area contributed by atoms with E-state index in [0.717, 1.165) is 43.7 Å². The molecule has 6 nitrogen and oxygen atoms in total. The molecule has 2 amide bonds. The highest BCUT2D eigenvalue weighted by molar-refractivity contribution is 6.03. The maximum Gasteiger partial charge on any atom is 0.243 e. The third kappa shape index (κ3) is 4.18. The van der Waals surface area contributed by atoms with Crippen molar-refractivity contribution < 1.29 is 9.59 Å². The molecular formula is C27H34N4O2. The van der Waals surface area contributed by atoms with Crippen LogP contribution in [0, 0.1) is 0 Å². The summed E-state index contributed by atoms with van der Waals surface area (Å²) in [7, 11) is 0. The molecule has 1 spiro atoms. The predicted octanol–water partition coefficient (Wildman–Crippen LogP) is 2.39. The van der Waals surface area contributed by atoms with Crippen molar-refractivity contribution in [2.45, 2.75) is 50.0 Å². The van der Waals surface area contributed by atoms with Crippen LogP contribution in [0.3, 0.4) is 0 Å². The molecule has 0 radical (unpaired) electrons. The number of aryl methyl sites for hydroxylation is 1. The van der Waals surface area contributed by atoms with Gasteiger partial charge in [0.05, 0.1) is 0 Å². The molecule has 2 aromatic rings. The maximum atomic E-state index is 13.3. The van der Waals surface area contributed by atoms with E-state index in [1.54, 1.807) is 10.5 Å². The van der Waals surface area contributed by atoms with Gasteiger partial charge in [-0.3, -0.25) is 14.5 Å². The third-order valence-corrected chi connectivity index (χ3v) is 7.91. The first-order valence-corrected chi connectivity index (χ1v) is 12.3. The molecule has 0 unspecified atom stereocenters. The SMILES string of the molecule is NCCNC(=O)[C@@H]1Cc2ccccc2N1C(=O)CCN1CCC2(CCc3ccccc32)CC1. The number of amides is 2. The number of benzene rings is 2. The average molecular weight is 447 g/mol. The van der Waals surface area contributed by atoms with Crippen molar-refractivity contribution in [3.8, 4) is 0 Å². The Kier molecular flexibility index (Phi) is 6.21. The third-order valence-electron chi connectivity index (χ3n) is 7.91. The number of anilines is 1. The van der Waals surface area contributed by atoms with Gasteiger partial charge >= 0.3 is 0 Å². The fourth-order valence-electron chi connectivity index (χ4n) is 6.08. The Labute approximate surface area is 196 Å². The van der Waals surface area contributed by atoms with Gasteiger partial charge in [-0.05, 0) is 66.9 Å². The zero-order chi connectivity index (χ0) is 22.8. The molecule has 174 valence electrons. The second-order valence-electron chi connectivity index (χ2n) is 9.72. The molecule has 2 heterocycles. The van der Waals surface area contributed by atoms with Gasteiger partial charge in [-0.2, -0.15) is 0 Å². The lowest BCUT2D eigenvalue weighted by molar-refractivity contribution is -0.126. The fraction of sp³-hybridized carbons (Fsp3) is 0.481. The zero-order valence-corrected chi connectivity index (χ0v) is 19.3. The summed E-state index contributed by atoms with van der Waals surface area (Å²) in [6.45, 7) is 3.61. The molecule has 6 heteroatoms. The number of likely N-dealkylation sites (tertiary alicyclic amines) is 1. The standard InChI is InChI=1S/C27H34N4O2/c28-14-15-29-26(33)24-19-21-6-2-4-8-23(21)31(24)25(32)10-16-30-17-12-27(13-18-30)11-9-20-5-1-3-7-22(20)27/h1-8,24H,9-19,28H2,(H,29,33)/t24-/m0/s1. The number of rotatable bonds is 6. The van der Waals surface area contributed by atoms with Crippen LogP contribution in [0.1, 0.15) is 42.4 Å². The number of piperidine rings is 1. The van der Waals surface area contributed by atoms with Gasteiger partial charge in [0.25, 0.3) is 0 Å². The van der Waals surface area contributed by atoms with E-state index < -0.39 is 6.04 Å². The van der Waals surface area contributed by atoms with E-state index in [0.29, 0.717) is 31.3 Å². The molecule has 1 atom stereocenters. The van der Waals surface area contributed by atoms with Gasteiger partial charge in [0.1, 0.15) is 6.04 Å². The van der Waals surface area contributed by atoms with Crippen LogP contribution in [-0.4, -0.2) is 55.5 Å². The highest BCUT2D eigenvalue weighted by Crippen LogP contribution is 2.46. The lowest BCUT2D eigenvalue weighted by atomic mass is 9.74. The highest BCUT2D eigenvalue weighted by atomic mass is 16.2. The number of carbonyl (C=O) groups excluding carboxylic acids is 2.